The van der Waals surface area contributed by atoms with Gasteiger partial charge in [-0.1, -0.05) is 0 Å². The molecular weight excluding hydrogens is 332 g/mol. The first-order valence-electron chi connectivity index (χ1n) is 7.46. The summed E-state index contributed by atoms with van der Waals surface area (Å²) in [6.07, 6.45) is -13.5. The van der Waals surface area contributed by atoms with Crippen LogP contribution in [-0.4, -0.2) is 117 Å². The number of aliphatic hydroxyl groups excluding tert-OH is 7. The average molecular weight is 356 g/mol. The normalized spacial score (nSPS) is 45.5. The van der Waals surface area contributed by atoms with Crippen molar-refractivity contribution in [1.82, 2.24) is 0 Å². The van der Waals surface area contributed by atoms with Crippen molar-refractivity contribution in [3.63, 3.8) is 0 Å². The predicted octanol–water partition coefficient (Wildman–Crippen LogP) is -4.74. The fraction of sp³-hybridized carbons (Fsp3) is 1.00. The molecule has 2 heterocycles. The Bertz CT molecular complexity index is 392. The lowest BCUT2D eigenvalue weighted by atomic mass is 10.1. The third-order valence-electron chi connectivity index (χ3n) is 4.19. The molecule has 2 rings (SSSR count). The van der Waals surface area contributed by atoms with Gasteiger partial charge in [0, 0.05) is 7.11 Å². The molecule has 2 aliphatic rings. The van der Waals surface area contributed by atoms with E-state index in [9.17, 15) is 30.6 Å². The molecule has 10 atom stereocenters. The summed E-state index contributed by atoms with van der Waals surface area (Å²) in [4.78, 5) is 0. The lowest BCUT2D eigenvalue weighted by Crippen LogP contribution is -2.43. The van der Waals surface area contributed by atoms with E-state index >= 15 is 0 Å². The molecule has 7 N–H and O–H groups in total. The second kappa shape index (κ2) is 8.29. The maximum Gasteiger partial charge on any atom is 0.186 e. The number of hydrogen-bond acceptors (Lipinski definition) is 11. The van der Waals surface area contributed by atoms with Gasteiger partial charge in [0.15, 0.2) is 12.6 Å². The SMILES string of the molecule is CO[C@H](CO)[C@@H]1O[C@@H](OC[C@@H](O)[C@@H]2O[C@@H](O)C(O)C2O)C(O)C1O. The van der Waals surface area contributed by atoms with E-state index in [0.717, 1.165) is 0 Å². The van der Waals surface area contributed by atoms with Crippen LogP contribution in [0.2, 0.25) is 0 Å². The Kier molecular flexibility index (Phi) is 6.87. The maximum atomic E-state index is 9.94. The van der Waals surface area contributed by atoms with Crippen molar-refractivity contribution in [3.05, 3.63) is 0 Å². The van der Waals surface area contributed by atoms with Crippen LogP contribution in [0.25, 0.3) is 0 Å². The van der Waals surface area contributed by atoms with E-state index in [4.69, 9.17) is 24.1 Å². The van der Waals surface area contributed by atoms with Gasteiger partial charge < -0.3 is 54.7 Å². The Morgan fingerprint density at radius 2 is 1.54 bits per heavy atom. The summed E-state index contributed by atoms with van der Waals surface area (Å²) >= 11 is 0. The zero-order valence-corrected chi connectivity index (χ0v) is 13.0. The van der Waals surface area contributed by atoms with Crippen LogP contribution < -0.4 is 0 Å². The van der Waals surface area contributed by atoms with E-state index in [1.807, 2.05) is 0 Å². The standard InChI is InChI=1S/C13H24O11/c1-21-5(2-14)11-7(17)9(19)13(24-11)22-3-4(15)10-6(16)8(18)12(20)23-10/h4-20H,2-3H2,1H3/t4-,5-,6?,7?,8?,9?,10+,11+,12-,13-/m1/s1. The van der Waals surface area contributed by atoms with Gasteiger partial charge in [0.1, 0.15) is 48.8 Å². The summed E-state index contributed by atoms with van der Waals surface area (Å²) in [7, 11) is 1.30. The molecule has 0 aromatic rings. The first-order valence-corrected chi connectivity index (χ1v) is 7.46. The molecule has 0 radical (unpaired) electrons. The molecule has 2 aliphatic heterocycles. The van der Waals surface area contributed by atoms with Crippen LogP contribution in [0.1, 0.15) is 0 Å². The maximum absolute atomic E-state index is 9.94. The van der Waals surface area contributed by atoms with Crippen molar-refractivity contribution in [2.24, 2.45) is 0 Å². The summed E-state index contributed by atoms with van der Waals surface area (Å²) in [5, 5.41) is 67.2. The highest BCUT2D eigenvalue weighted by Crippen LogP contribution is 2.27. The Morgan fingerprint density at radius 3 is 2.04 bits per heavy atom. The first-order chi connectivity index (χ1) is 11.3. The van der Waals surface area contributed by atoms with E-state index in [-0.39, 0.29) is 0 Å². The van der Waals surface area contributed by atoms with Gasteiger partial charge in [-0.3, -0.25) is 0 Å². The molecule has 0 amide bonds. The smallest absolute Gasteiger partial charge is 0.186 e. The van der Waals surface area contributed by atoms with Crippen LogP contribution in [0.15, 0.2) is 0 Å². The summed E-state index contributed by atoms with van der Waals surface area (Å²) < 4.78 is 20.2. The second-order valence-corrected chi connectivity index (χ2v) is 5.78. The summed E-state index contributed by atoms with van der Waals surface area (Å²) in [6.45, 7) is -0.919. The van der Waals surface area contributed by atoms with Crippen molar-refractivity contribution in [1.29, 1.82) is 0 Å². The molecule has 0 aromatic carbocycles. The largest absolute Gasteiger partial charge is 0.394 e. The van der Waals surface area contributed by atoms with Crippen LogP contribution in [0, 0.1) is 0 Å². The van der Waals surface area contributed by atoms with E-state index in [0.29, 0.717) is 0 Å². The quantitative estimate of drug-likeness (QED) is 0.233. The molecule has 2 saturated heterocycles. The lowest BCUT2D eigenvalue weighted by molar-refractivity contribution is -0.207. The highest BCUT2D eigenvalue weighted by atomic mass is 16.7. The van der Waals surface area contributed by atoms with Gasteiger partial charge in [-0.05, 0) is 0 Å². The molecule has 0 saturated carbocycles. The van der Waals surface area contributed by atoms with Gasteiger partial charge in [-0.25, -0.2) is 0 Å². The van der Waals surface area contributed by atoms with E-state index < -0.39 is 74.6 Å². The van der Waals surface area contributed by atoms with Gasteiger partial charge >= 0.3 is 0 Å². The average Bonchev–Trinajstić information content (AvgIpc) is 2.99. The Balaban J connectivity index is 1.88. The van der Waals surface area contributed by atoms with Gasteiger partial charge in [0.25, 0.3) is 0 Å². The molecule has 4 unspecified atom stereocenters. The van der Waals surface area contributed by atoms with Crippen LogP contribution >= 0.6 is 0 Å². The Hall–Kier alpha value is -0.440. The zero-order valence-electron chi connectivity index (χ0n) is 13.0. The molecule has 142 valence electrons. The molecule has 0 bridgehead atoms. The molecule has 0 aromatic heterocycles. The number of rotatable bonds is 7. The Morgan fingerprint density at radius 1 is 0.917 bits per heavy atom. The second-order valence-electron chi connectivity index (χ2n) is 5.78. The molecule has 0 aliphatic carbocycles. The highest BCUT2D eigenvalue weighted by molar-refractivity contribution is 4.93. The Labute approximate surface area is 137 Å². The molecular formula is C13H24O11. The molecule has 2 fully saturated rings. The van der Waals surface area contributed by atoms with Gasteiger partial charge in [-0.2, -0.15) is 0 Å². The van der Waals surface area contributed by atoms with Crippen LogP contribution in [0.4, 0.5) is 0 Å². The van der Waals surface area contributed by atoms with Crippen molar-refractivity contribution in [2.45, 2.75) is 61.4 Å². The minimum atomic E-state index is -1.63. The van der Waals surface area contributed by atoms with Crippen LogP contribution in [0.3, 0.4) is 0 Å². The van der Waals surface area contributed by atoms with Crippen molar-refractivity contribution >= 4 is 0 Å². The first kappa shape index (κ1) is 19.9. The van der Waals surface area contributed by atoms with Crippen molar-refractivity contribution in [3.8, 4) is 0 Å². The molecule has 24 heavy (non-hydrogen) atoms. The number of methoxy groups -OCH3 is 1. The fourth-order valence-corrected chi connectivity index (χ4v) is 2.72. The predicted molar refractivity (Wildman–Crippen MR) is 73.4 cm³/mol. The zero-order chi connectivity index (χ0) is 18.0. The fourth-order valence-electron chi connectivity index (χ4n) is 2.72. The minimum Gasteiger partial charge on any atom is -0.394 e. The third-order valence-corrected chi connectivity index (χ3v) is 4.19. The van der Waals surface area contributed by atoms with E-state index in [1.54, 1.807) is 0 Å². The lowest BCUT2D eigenvalue weighted by Gasteiger charge is -2.24. The topological polar surface area (TPSA) is 179 Å². The van der Waals surface area contributed by atoms with Crippen molar-refractivity contribution < 1.29 is 54.7 Å². The van der Waals surface area contributed by atoms with E-state index in [2.05, 4.69) is 0 Å². The van der Waals surface area contributed by atoms with Crippen LogP contribution in [-0.2, 0) is 18.9 Å². The van der Waals surface area contributed by atoms with Gasteiger partial charge in [0.05, 0.1) is 13.2 Å². The molecule has 11 nitrogen and oxygen atoms in total. The van der Waals surface area contributed by atoms with E-state index in [1.165, 1.54) is 7.11 Å². The number of ether oxygens (including phenoxy) is 4. The minimum absolute atomic E-state index is 0.446. The molecule has 0 spiro atoms. The monoisotopic (exact) mass is 356 g/mol. The molecule has 11 heteroatoms. The summed E-state index contributed by atoms with van der Waals surface area (Å²) in [5.74, 6) is 0. The van der Waals surface area contributed by atoms with Gasteiger partial charge in [-0.15, -0.1) is 0 Å². The number of aliphatic hydroxyl groups is 7. The third kappa shape index (κ3) is 3.86. The highest BCUT2D eigenvalue weighted by Gasteiger charge is 2.49. The van der Waals surface area contributed by atoms with Gasteiger partial charge in [0.2, 0.25) is 0 Å². The van der Waals surface area contributed by atoms with Crippen LogP contribution in [0.5, 0.6) is 0 Å². The summed E-state index contributed by atoms with van der Waals surface area (Å²) in [6, 6.07) is 0. The summed E-state index contributed by atoms with van der Waals surface area (Å²) in [5.41, 5.74) is 0. The number of hydrogen-bond donors (Lipinski definition) is 7. The van der Waals surface area contributed by atoms with Crippen molar-refractivity contribution in [2.75, 3.05) is 20.3 Å².